The fourth-order valence-corrected chi connectivity index (χ4v) is 7.26. The van der Waals surface area contributed by atoms with Crippen LogP contribution in [0.25, 0.3) is 0 Å². The van der Waals surface area contributed by atoms with E-state index in [0.29, 0.717) is 82.1 Å². The number of nitrogens with two attached hydrogens (primary N) is 1. The Labute approximate surface area is 337 Å². The van der Waals surface area contributed by atoms with Gasteiger partial charge in [-0.3, -0.25) is 24.0 Å². The number of hydrogen-bond acceptors (Lipinski definition) is 9. The molecule has 0 unspecified atom stereocenters. The summed E-state index contributed by atoms with van der Waals surface area (Å²) in [7, 11) is 0. The van der Waals surface area contributed by atoms with Gasteiger partial charge in [0.2, 0.25) is 29.5 Å². The third-order valence-electron chi connectivity index (χ3n) is 10.8. The van der Waals surface area contributed by atoms with E-state index in [1.807, 2.05) is 32.9 Å². The number of fused-ring (bicyclic) bond motifs is 3. The first-order valence-electron chi connectivity index (χ1n) is 20.9. The molecule has 3 rings (SSSR count). The van der Waals surface area contributed by atoms with Crippen molar-refractivity contribution in [3.05, 3.63) is 41.5 Å². The quantitative estimate of drug-likeness (QED) is 0.107. The zero-order valence-corrected chi connectivity index (χ0v) is 34.3. The van der Waals surface area contributed by atoms with Crippen molar-refractivity contribution in [1.82, 2.24) is 31.5 Å². The smallest absolute Gasteiger partial charge is 0.326 e. The summed E-state index contributed by atoms with van der Waals surface area (Å²) < 4.78 is 0. The number of carbonyl (C=O) groups is 6. The molecule has 1 aromatic rings. The van der Waals surface area contributed by atoms with Crippen molar-refractivity contribution in [3.63, 3.8) is 0 Å². The van der Waals surface area contributed by atoms with Gasteiger partial charge in [0.1, 0.15) is 36.0 Å². The Hall–Kier alpha value is -4.50. The van der Waals surface area contributed by atoms with Gasteiger partial charge in [-0.25, -0.2) is 4.79 Å². The second kappa shape index (κ2) is 24.3. The zero-order chi connectivity index (χ0) is 41.9. The maximum absolute atomic E-state index is 14.3. The Bertz CT molecular complexity index is 1540. The number of carboxylic acids is 1. The minimum atomic E-state index is -1.21. The molecule has 2 bridgehead atoms. The molecular formula is C42H67N7O8. The van der Waals surface area contributed by atoms with E-state index in [1.165, 1.54) is 4.90 Å². The lowest BCUT2D eigenvalue weighted by atomic mass is 9.95. The molecule has 0 aliphatic carbocycles. The Kier molecular flexibility index (Phi) is 20.0. The standard InChI is InChI=1S/C42H67N7O8/c1-5-28(4)37(40(54)47-33(42(56)57)24-27(2)3)48-38(52)32-26-29-18-19-35(50)30(25-29)14-9-12-22-44-21-11-6-7-17-36(51)45-31(15-8-10-20-43)41(55)49-23-13-16-34(49)39(53)46-32/h9,12,18-19,25,27-28,31-34,37,44,50H,5-8,10-11,13-17,20-24,26,43H2,1-4H3,(H,45,51)(H,46,53)(H,47,54)(H,48,52)(H,56,57)/t28-,31-,32+,33-,34-,37-/m0/s1. The summed E-state index contributed by atoms with van der Waals surface area (Å²) in [5.41, 5.74) is 7.00. The first-order valence-corrected chi connectivity index (χ1v) is 20.9. The number of allylic oxidation sites excluding steroid dienone is 1. The van der Waals surface area contributed by atoms with Gasteiger partial charge < -0.3 is 47.4 Å². The van der Waals surface area contributed by atoms with Crippen LogP contribution in [-0.4, -0.2) is 107 Å². The van der Waals surface area contributed by atoms with E-state index in [4.69, 9.17) is 5.73 Å². The van der Waals surface area contributed by atoms with Gasteiger partial charge in [0.15, 0.2) is 0 Å². The summed E-state index contributed by atoms with van der Waals surface area (Å²) in [6.07, 6.45) is 10.2. The predicted molar refractivity (Wildman–Crippen MR) is 218 cm³/mol. The van der Waals surface area contributed by atoms with Crippen LogP contribution in [0.15, 0.2) is 30.4 Å². The van der Waals surface area contributed by atoms with Gasteiger partial charge in [0, 0.05) is 25.9 Å². The highest BCUT2D eigenvalue weighted by Crippen LogP contribution is 2.23. The van der Waals surface area contributed by atoms with Crippen LogP contribution >= 0.6 is 0 Å². The second-order valence-electron chi connectivity index (χ2n) is 15.9. The van der Waals surface area contributed by atoms with Crippen molar-refractivity contribution in [2.24, 2.45) is 17.6 Å². The van der Waals surface area contributed by atoms with Gasteiger partial charge in [-0.15, -0.1) is 0 Å². The highest BCUT2D eigenvalue weighted by Gasteiger charge is 2.39. The van der Waals surface area contributed by atoms with Crippen LogP contribution in [0.3, 0.4) is 0 Å². The maximum Gasteiger partial charge on any atom is 0.326 e. The Morgan fingerprint density at radius 2 is 1.77 bits per heavy atom. The van der Waals surface area contributed by atoms with Crippen molar-refractivity contribution in [2.75, 3.05) is 26.2 Å². The highest BCUT2D eigenvalue weighted by molar-refractivity contribution is 5.96. The molecular weight excluding hydrogens is 731 g/mol. The summed E-state index contributed by atoms with van der Waals surface area (Å²) in [6, 6.07) is -0.222. The Morgan fingerprint density at radius 1 is 1.00 bits per heavy atom. The van der Waals surface area contributed by atoms with E-state index in [1.54, 1.807) is 25.1 Å². The fraction of sp³-hybridized carbons (Fsp3) is 0.667. The number of phenols is 1. The summed E-state index contributed by atoms with van der Waals surface area (Å²) in [4.78, 5) is 82.7. The fourth-order valence-electron chi connectivity index (χ4n) is 7.26. The summed E-state index contributed by atoms with van der Waals surface area (Å²) in [5, 5.41) is 35.1. The number of hydrogen-bond donors (Lipinski definition) is 8. The number of aliphatic carboxylic acids is 1. The van der Waals surface area contributed by atoms with E-state index >= 15 is 0 Å². The average Bonchev–Trinajstić information content (AvgIpc) is 3.67. The number of carbonyl (C=O) groups excluding carboxylic acids is 5. The number of amides is 5. The van der Waals surface area contributed by atoms with E-state index in [2.05, 4.69) is 26.6 Å². The van der Waals surface area contributed by atoms with Gasteiger partial charge in [-0.1, -0.05) is 64.8 Å². The van der Waals surface area contributed by atoms with Crippen LogP contribution < -0.4 is 32.3 Å². The van der Waals surface area contributed by atoms with Gasteiger partial charge in [0.05, 0.1) is 0 Å². The van der Waals surface area contributed by atoms with Crippen molar-refractivity contribution in [1.29, 1.82) is 0 Å². The van der Waals surface area contributed by atoms with E-state index < -0.39 is 53.9 Å². The summed E-state index contributed by atoms with van der Waals surface area (Å²) >= 11 is 0. The molecule has 9 N–H and O–H groups in total. The molecule has 0 aromatic heterocycles. The topological polar surface area (TPSA) is 232 Å². The van der Waals surface area contributed by atoms with E-state index in [0.717, 1.165) is 19.4 Å². The number of rotatable bonds is 13. The molecule has 2 heterocycles. The third kappa shape index (κ3) is 15.4. The minimum Gasteiger partial charge on any atom is -0.508 e. The molecule has 2 aliphatic heterocycles. The average molecular weight is 798 g/mol. The van der Waals surface area contributed by atoms with Crippen LogP contribution in [0, 0.1) is 11.8 Å². The first-order chi connectivity index (χ1) is 27.2. The Morgan fingerprint density at radius 3 is 2.47 bits per heavy atom. The van der Waals surface area contributed by atoms with Crippen LogP contribution in [0.5, 0.6) is 5.75 Å². The maximum atomic E-state index is 14.3. The molecule has 1 fully saturated rings. The van der Waals surface area contributed by atoms with Gasteiger partial charge in [-0.05, 0) is 99.9 Å². The lowest BCUT2D eigenvalue weighted by Gasteiger charge is -2.31. The number of nitrogens with one attached hydrogen (secondary N) is 5. The number of phenolic OH excluding ortho intramolecular Hbond substituents is 1. The minimum absolute atomic E-state index is 0.00545. The monoisotopic (exact) mass is 798 g/mol. The SMILES string of the molecule is CC[C@H](C)[C@H](NC(=O)[C@H]1Cc2ccc(O)c(c2)CC=CCNCCCCCC(=O)N[C@@H](CCCCN)C(=O)N2CCC[C@H]2C(=O)N1)C(=O)N[C@@H](CC(C)C)C(=O)O. The molecule has 0 saturated carbocycles. The van der Waals surface area contributed by atoms with E-state index in [-0.39, 0.29) is 48.7 Å². The molecule has 0 spiro atoms. The van der Waals surface area contributed by atoms with Crippen molar-refractivity contribution in [2.45, 2.75) is 141 Å². The van der Waals surface area contributed by atoms with Crippen LogP contribution in [-0.2, 0) is 41.6 Å². The number of unbranched alkanes of at least 4 members (excludes halogenated alkanes) is 1. The van der Waals surface area contributed by atoms with Crippen molar-refractivity contribution in [3.8, 4) is 5.75 Å². The first kappa shape index (κ1) is 46.9. The van der Waals surface area contributed by atoms with Gasteiger partial charge in [0.25, 0.3) is 0 Å². The lowest BCUT2D eigenvalue weighted by Crippen LogP contribution is -2.60. The molecule has 1 aromatic carbocycles. The third-order valence-corrected chi connectivity index (χ3v) is 10.8. The zero-order valence-electron chi connectivity index (χ0n) is 34.3. The van der Waals surface area contributed by atoms with Gasteiger partial charge in [-0.2, -0.15) is 0 Å². The Balaban J connectivity index is 1.98. The number of nitrogens with zero attached hydrogens (tertiary/aromatic N) is 1. The largest absolute Gasteiger partial charge is 0.508 e. The van der Waals surface area contributed by atoms with Crippen LogP contribution in [0.4, 0.5) is 0 Å². The molecule has 1 saturated heterocycles. The molecule has 15 heteroatoms. The van der Waals surface area contributed by atoms with Gasteiger partial charge >= 0.3 is 5.97 Å². The normalized spacial score (nSPS) is 22.1. The van der Waals surface area contributed by atoms with Crippen LogP contribution in [0.2, 0.25) is 0 Å². The molecule has 57 heavy (non-hydrogen) atoms. The molecule has 6 atom stereocenters. The molecule has 0 radical (unpaired) electrons. The van der Waals surface area contributed by atoms with Crippen molar-refractivity contribution < 1.29 is 39.0 Å². The number of carboxylic acid groups (broad SMARTS) is 1. The summed E-state index contributed by atoms with van der Waals surface area (Å²) in [5.74, 6) is -3.94. The summed E-state index contributed by atoms with van der Waals surface area (Å²) in [6.45, 7) is 9.47. The van der Waals surface area contributed by atoms with E-state index in [9.17, 15) is 39.0 Å². The molecule has 5 amide bonds. The van der Waals surface area contributed by atoms with Crippen molar-refractivity contribution >= 4 is 35.5 Å². The number of benzene rings is 1. The molecule has 318 valence electrons. The number of aromatic hydroxyl groups is 1. The van der Waals surface area contributed by atoms with Crippen LogP contribution in [0.1, 0.15) is 109 Å². The predicted octanol–water partition coefficient (Wildman–Crippen LogP) is 2.43. The molecule has 15 nitrogen and oxygen atoms in total. The lowest BCUT2D eigenvalue weighted by molar-refractivity contribution is -0.143. The second-order valence-corrected chi connectivity index (χ2v) is 15.9. The highest BCUT2D eigenvalue weighted by atomic mass is 16.4. The molecule has 2 aliphatic rings.